The van der Waals surface area contributed by atoms with Crippen LogP contribution < -0.4 is 16.2 Å². The number of hydrogen-bond donors (Lipinski definition) is 3. The molecule has 1 aliphatic rings. The fourth-order valence-corrected chi connectivity index (χ4v) is 3.24. The summed E-state index contributed by atoms with van der Waals surface area (Å²) in [5.41, 5.74) is 4.69. The second-order valence-electron chi connectivity index (χ2n) is 7.34. The van der Waals surface area contributed by atoms with Gasteiger partial charge >= 0.3 is 11.7 Å². The summed E-state index contributed by atoms with van der Waals surface area (Å²) >= 11 is 6.30. The summed E-state index contributed by atoms with van der Waals surface area (Å²) in [6.45, 7) is -0.777. The topological polar surface area (TPSA) is 137 Å². The van der Waals surface area contributed by atoms with Gasteiger partial charge in [-0.1, -0.05) is 18.0 Å². The number of aliphatic hydroxyl groups is 2. The Morgan fingerprint density at radius 1 is 1.38 bits per heavy atom. The highest BCUT2D eigenvalue weighted by Gasteiger charge is 2.37. The van der Waals surface area contributed by atoms with Crippen LogP contribution in [0.5, 0.6) is 5.75 Å². The molecule has 0 bridgehead atoms. The number of halogens is 1. The van der Waals surface area contributed by atoms with Gasteiger partial charge in [-0.15, -0.1) is 0 Å². The van der Waals surface area contributed by atoms with Crippen molar-refractivity contribution in [3.63, 3.8) is 0 Å². The zero-order valence-electron chi connectivity index (χ0n) is 15.9. The number of nitrogens with zero attached hydrogens (tertiary/aromatic N) is 1. The average molecular weight is 429 g/mol. The lowest BCUT2D eigenvalue weighted by Crippen LogP contribution is -2.56. The Morgan fingerprint density at radius 2 is 2.14 bits per heavy atom. The lowest BCUT2D eigenvalue weighted by Gasteiger charge is -2.25. The summed E-state index contributed by atoms with van der Waals surface area (Å²) in [5.74, 6) is -0.714. The van der Waals surface area contributed by atoms with E-state index in [4.69, 9.17) is 36.3 Å². The van der Waals surface area contributed by atoms with E-state index in [1.54, 1.807) is 0 Å². The fourth-order valence-electron chi connectivity index (χ4n) is 3.03. The first-order valence-electron chi connectivity index (χ1n) is 9.51. The van der Waals surface area contributed by atoms with E-state index in [0.717, 1.165) is 17.4 Å². The highest BCUT2D eigenvalue weighted by atomic mass is 35.5. The van der Waals surface area contributed by atoms with Crippen molar-refractivity contribution in [1.29, 1.82) is 0 Å². The second-order valence-corrected chi connectivity index (χ2v) is 7.75. The maximum Gasteiger partial charge on any atom is 0.420 e. The number of nitrogens with two attached hydrogens (primary N) is 1. The van der Waals surface area contributed by atoms with Crippen molar-refractivity contribution >= 4 is 28.7 Å². The molecule has 1 saturated carbocycles. The third-order valence-corrected chi connectivity index (χ3v) is 5.38. The molecule has 1 heterocycles. The molecule has 1 aliphatic carbocycles. The molecule has 0 radical (unpaired) electrons. The van der Waals surface area contributed by atoms with E-state index < -0.39 is 23.9 Å². The second kappa shape index (κ2) is 9.17. The van der Waals surface area contributed by atoms with E-state index in [9.17, 15) is 14.7 Å². The molecule has 3 rings (SSSR count). The third kappa shape index (κ3) is 4.75. The van der Waals surface area contributed by atoms with Crippen molar-refractivity contribution in [1.82, 2.24) is 4.57 Å². The molecule has 4 N–H and O–H groups in total. The molecule has 1 atom stereocenters. The zero-order chi connectivity index (χ0) is 21.0. The molecule has 160 valence electrons. The lowest BCUT2D eigenvalue weighted by molar-refractivity contribution is -0.152. The summed E-state index contributed by atoms with van der Waals surface area (Å²) < 4.78 is 17.1. The molecule has 2 aromatic rings. The standard InChI is InChI=1S/C19H25ClN2O7/c20-13-7-14-16(8-15(13)28-9-12-3-1-4-12)29-18(26)22(14)10-19(21,11-24)17(25)27-6-2-5-23/h7-8,12,23-24H,1-6,9-11,21H2. The Hall–Kier alpha value is -2.07. The molecular weight excluding hydrogens is 404 g/mol. The molecule has 1 aromatic heterocycles. The number of aliphatic hydroxyl groups excluding tert-OH is 2. The maximum atomic E-state index is 12.3. The molecule has 0 amide bonds. The SMILES string of the molecule is NC(CO)(Cn1c(=O)oc2cc(OCC3CCC3)c(Cl)cc21)C(=O)OCCCO. The number of oxazole rings is 1. The number of rotatable bonds is 10. The highest BCUT2D eigenvalue weighted by Crippen LogP contribution is 2.33. The van der Waals surface area contributed by atoms with E-state index in [1.165, 1.54) is 18.6 Å². The minimum absolute atomic E-state index is 0.0527. The van der Waals surface area contributed by atoms with Gasteiger partial charge in [0.1, 0.15) is 5.75 Å². The first kappa shape index (κ1) is 21.6. The minimum Gasteiger partial charge on any atom is -0.492 e. The third-order valence-electron chi connectivity index (χ3n) is 5.09. The van der Waals surface area contributed by atoms with Crippen molar-refractivity contribution in [2.75, 3.05) is 26.4 Å². The van der Waals surface area contributed by atoms with E-state index in [-0.39, 0.29) is 31.8 Å². The normalized spacial score (nSPS) is 16.4. The van der Waals surface area contributed by atoms with Crippen molar-refractivity contribution in [3.05, 3.63) is 27.7 Å². The Kier molecular flexibility index (Phi) is 6.84. The van der Waals surface area contributed by atoms with Gasteiger partial charge in [-0.2, -0.15) is 0 Å². The van der Waals surface area contributed by atoms with Crippen LogP contribution >= 0.6 is 11.6 Å². The number of aromatic nitrogens is 1. The first-order chi connectivity index (χ1) is 13.9. The Labute approximate surface area is 171 Å². The predicted molar refractivity (Wildman–Crippen MR) is 105 cm³/mol. The summed E-state index contributed by atoms with van der Waals surface area (Å²) in [5, 5.41) is 18.7. The summed E-state index contributed by atoms with van der Waals surface area (Å²) in [6.07, 6.45) is 3.69. The molecule has 0 saturated heterocycles. The smallest absolute Gasteiger partial charge is 0.420 e. The van der Waals surface area contributed by atoms with Gasteiger partial charge in [-0.3, -0.25) is 4.57 Å². The van der Waals surface area contributed by atoms with E-state index in [1.807, 2.05) is 0 Å². The molecule has 9 nitrogen and oxygen atoms in total. The summed E-state index contributed by atoms with van der Waals surface area (Å²) in [4.78, 5) is 24.6. The van der Waals surface area contributed by atoms with Crippen molar-refractivity contribution in [2.24, 2.45) is 11.7 Å². The monoisotopic (exact) mass is 428 g/mol. The largest absolute Gasteiger partial charge is 0.492 e. The summed E-state index contributed by atoms with van der Waals surface area (Å²) in [7, 11) is 0. The van der Waals surface area contributed by atoms with Gasteiger partial charge < -0.3 is 29.8 Å². The molecule has 1 aromatic carbocycles. The van der Waals surface area contributed by atoms with Gasteiger partial charge in [0.15, 0.2) is 11.1 Å². The van der Waals surface area contributed by atoms with Crippen molar-refractivity contribution < 1.29 is 28.9 Å². The lowest BCUT2D eigenvalue weighted by atomic mass is 9.86. The first-order valence-corrected chi connectivity index (χ1v) is 9.89. The quantitative estimate of drug-likeness (QED) is 0.377. The molecule has 0 spiro atoms. The Balaban J connectivity index is 1.82. The molecular formula is C19H25ClN2O7. The van der Waals surface area contributed by atoms with Gasteiger partial charge in [-0.05, 0) is 24.8 Å². The van der Waals surface area contributed by atoms with Crippen LogP contribution in [0.4, 0.5) is 0 Å². The molecule has 1 unspecified atom stereocenters. The number of esters is 1. The fraction of sp³-hybridized carbons (Fsp3) is 0.579. The number of carbonyl (C=O) groups excluding carboxylic acids is 1. The molecule has 0 aliphatic heterocycles. The van der Waals surface area contributed by atoms with Gasteiger partial charge in [0, 0.05) is 19.1 Å². The maximum absolute atomic E-state index is 12.3. The zero-order valence-corrected chi connectivity index (χ0v) is 16.7. The van der Waals surface area contributed by atoms with Crippen molar-refractivity contribution in [2.45, 2.75) is 37.8 Å². The van der Waals surface area contributed by atoms with E-state index >= 15 is 0 Å². The van der Waals surface area contributed by atoms with E-state index in [0.29, 0.717) is 28.8 Å². The predicted octanol–water partition coefficient (Wildman–Crippen LogP) is 1.04. The molecule has 1 fully saturated rings. The van der Waals surface area contributed by atoms with Crippen LogP contribution in [0.1, 0.15) is 25.7 Å². The number of fused-ring (bicyclic) bond motifs is 1. The molecule has 29 heavy (non-hydrogen) atoms. The van der Waals surface area contributed by atoms with Crippen molar-refractivity contribution in [3.8, 4) is 5.75 Å². The number of ether oxygens (including phenoxy) is 2. The van der Waals surface area contributed by atoms with Crippen LogP contribution in [-0.2, 0) is 16.1 Å². The molecule has 10 heteroatoms. The number of carbonyl (C=O) groups is 1. The van der Waals surface area contributed by atoms with E-state index in [2.05, 4.69) is 0 Å². The van der Waals surface area contributed by atoms with Gasteiger partial charge in [0.25, 0.3) is 0 Å². The van der Waals surface area contributed by atoms with Crippen LogP contribution in [0.3, 0.4) is 0 Å². The van der Waals surface area contributed by atoms with Crippen LogP contribution in [0.2, 0.25) is 5.02 Å². The van der Waals surface area contributed by atoms with Gasteiger partial charge in [0.05, 0.1) is 36.9 Å². The Morgan fingerprint density at radius 3 is 2.76 bits per heavy atom. The van der Waals surface area contributed by atoms with Crippen LogP contribution in [-0.4, -0.2) is 52.7 Å². The van der Waals surface area contributed by atoms with Crippen LogP contribution in [0.25, 0.3) is 11.1 Å². The Bertz CT molecular complexity index is 921. The number of hydrogen-bond acceptors (Lipinski definition) is 8. The average Bonchev–Trinajstić information content (AvgIpc) is 2.95. The van der Waals surface area contributed by atoms with Gasteiger partial charge in [-0.25, -0.2) is 9.59 Å². The minimum atomic E-state index is -1.86. The highest BCUT2D eigenvalue weighted by molar-refractivity contribution is 6.32. The summed E-state index contributed by atoms with van der Waals surface area (Å²) in [6, 6.07) is 3.04. The van der Waals surface area contributed by atoms with Gasteiger partial charge in [0.2, 0.25) is 0 Å². The number of benzene rings is 1. The van der Waals surface area contributed by atoms with Crippen LogP contribution in [0.15, 0.2) is 21.3 Å². The van der Waals surface area contributed by atoms with Crippen LogP contribution in [0, 0.1) is 5.92 Å².